The number of aromatic nitrogens is 1. The molecular formula is C21H30N4O2. The van der Waals surface area contributed by atoms with Crippen molar-refractivity contribution < 1.29 is 9.47 Å². The Labute approximate surface area is 162 Å². The minimum atomic E-state index is 0.589. The Kier molecular flexibility index (Phi) is 9.13. The number of guanidine groups is 1. The highest BCUT2D eigenvalue weighted by atomic mass is 16.5. The molecule has 0 fully saturated rings. The van der Waals surface area contributed by atoms with Gasteiger partial charge < -0.3 is 20.1 Å². The Morgan fingerprint density at radius 3 is 2.67 bits per heavy atom. The Morgan fingerprint density at radius 1 is 1.15 bits per heavy atom. The second-order valence-corrected chi connectivity index (χ2v) is 6.11. The molecule has 27 heavy (non-hydrogen) atoms. The highest BCUT2D eigenvalue weighted by Gasteiger charge is 2.03. The first-order valence-electron chi connectivity index (χ1n) is 9.36. The normalized spacial score (nSPS) is 11.3. The van der Waals surface area contributed by atoms with Crippen LogP contribution < -0.4 is 15.4 Å². The topological polar surface area (TPSA) is 67.8 Å². The second kappa shape index (κ2) is 11.9. The van der Waals surface area contributed by atoms with Crippen molar-refractivity contribution in [2.24, 2.45) is 4.99 Å². The van der Waals surface area contributed by atoms with Gasteiger partial charge in [-0.05, 0) is 49.6 Å². The van der Waals surface area contributed by atoms with Crippen molar-refractivity contribution in [3.8, 4) is 5.75 Å². The van der Waals surface area contributed by atoms with Gasteiger partial charge in [-0.15, -0.1) is 0 Å². The molecule has 2 aromatic rings. The van der Waals surface area contributed by atoms with Crippen LogP contribution in [0.15, 0.2) is 47.6 Å². The summed E-state index contributed by atoms with van der Waals surface area (Å²) in [4.78, 5) is 9.13. The smallest absolute Gasteiger partial charge is 0.191 e. The third kappa shape index (κ3) is 7.66. The minimum Gasteiger partial charge on any atom is -0.497 e. The summed E-state index contributed by atoms with van der Waals surface area (Å²) < 4.78 is 10.6. The molecule has 0 saturated heterocycles. The number of nitrogens with zero attached hydrogens (tertiary/aromatic N) is 2. The lowest BCUT2D eigenvalue weighted by Gasteiger charge is -2.13. The molecule has 0 saturated carbocycles. The van der Waals surface area contributed by atoms with Gasteiger partial charge in [0, 0.05) is 26.0 Å². The third-order valence-electron chi connectivity index (χ3n) is 4.08. The van der Waals surface area contributed by atoms with E-state index in [9.17, 15) is 0 Å². The molecule has 0 aliphatic rings. The summed E-state index contributed by atoms with van der Waals surface area (Å²) >= 11 is 0. The van der Waals surface area contributed by atoms with Gasteiger partial charge in [-0.1, -0.05) is 18.2 Å². The number of aliphatic imine (C=N–C) groups is 1. The molecule has 0 spiro atoms. The van der Waals surface area contributed by atoms with E-state index in [1.807, 2.05) is 43.5 Å². The number of methoxy groups -OCH3 is 1. The van der Waals surface area contributed by atoms with Gasteiger partial charge in [-0.2, -0.15) is 0 Å². The Balaban J connectivity index is 1.95. The molecule has 0 unspecified atom stereocenters. The van der Waals surface area contributed by atoms with Crippen LogP contribution in [0.1, 0.15) is 30.2 Å². The van der Waals surface area contributed by atoms with E-state index in [0.717, 1.165) is 54.7 Å². The molecule has 1 heterocycles. The van der Waals surface area contributed by atoms with Gasteiger partial charge in [-0.25, -0.2) is 4.99 Å². The van der Waals surface area contributed by atoms with Gasteiger partial charge in [0.05, 0.1) is 25.9 Å². The molecular weight excluding hydrogens is 340 g/mol. The number of benzene rings is 1. The summed E-state index contributed by atoms with van der Waals surface area (Å²) in [5.74, 6) is 1.62. The number of hydrogen-bond acceptors (Lipinski definition) is 4. The zero-order valence-electron chi connectivity index (χ0n) is 16.5. The largest absolute Gasteiger partial charge is 0.497 e. The number of nitrogens with one attached hydrogen (secondary N) is 2. The van der Waals surface area contributed by atoms with E-state index in [1.54, 1.807) is 7.11 Å². The van der Waals surface area contributed by atoms with Gasteiger partial charge in [0.2, 0.25) is 0 Å². The standard InChI is InChI=1S/C21H30N4O2/c1-4-27-14-6-13-23-21(25-16-20-17(2)7-5-12-22-20)24-15-18-8-10-19(26-3)11-9-18/h5,7-12H,4,6,13-16H2,1-3H3,(H2,23,24,25). The van der Waals surface area contributed by atoms with E-state index < -0.39 is 0 Å². The Bertz CT molecular complexity index is 702. The molecule has 6 heteroatoms. The molecule has 0 bridgehead atoms. The summed E-state index contributed by atoms with van der Waals surface area (Å²) in [7, 11) is 1.67. The van der Waals surface area contributed by atoms with Crippen LogP contribution in [0.25, 0.3) is 0 Å². The summed E-state index contributed by atoms with van der Waals surface area (Å²) in [5.41, 5.74) is 3.31. The van der Waals surface area contributed by atoms with Crippen molar-refractivity contribution in [2.75, 3.05) is 26.9 Å². The van der Waals surface area contributed by atoms with E-state index in [-0.39, 0.29) is 0 Å². The van der Waals surface area contributed by atoms with E-state index in [1.165, 1.54) is 0 Å². The fourth-order valence-corrected chi connectivity index (χ4v) is 2.47. The van der Waals surface area contributed by atoms with Crippen LogP contribution in [0, 0.1) is 6.92 Å². The van der Waals surface area contributed by atoms with Crippen molar-refractivity contribution in [3.63, 3.8) is 0 Å². The first kappa shape index (κ1) is 20.7. The van der Waals surface area contributed by atoms with Crippen LogP contribution in [0.4, 0.5) is 0 Å². The maximum Gasteiger partial charge on any atom is 0.191 e. The lowest BCUT2D eigenvalue weighted by Crippen LogP contribution is -2.38. The first-order valence-corrected chi connectivity index (χ1v) is 9.36. The lowest BCUT2D eigenvalue weighted by atomic mass is 10.2. The third-order valence-corrected chi connectivity index (χ3v) is 4.08. The fraction of sp³-hybridized carbons (Fsp3) is 0.429. The number of ether oxygens (including phenoxy) is 2. The van der Waals surface area contributed by atoms with Gasteiger partial charge >= 0.3 is 0 Å². The van der Waals surface area contributed by atoms with Crippen LogP contribution in [0.2, 0.25) is 0 Å². The maximum atomic E-state index is 5.39. The zero-order chi connectivity index (χ0) is 19.3. The summed E-state index contributed by atoms with van der Waals surface area (Å²) in [6, 6.07) is 12.0. The van der Waals surface area contributed by atoms with E-state index in [0.29, 0.717) is 13.1 Å². The van der Waals surface area contributed by atoms with Crippen LogP contribution in [-0.2, 0) is 17.8 Å². The lowest BCUT2D eigenvalue weighted by molar-refractivity contribution is 0.145. The molecule has 6 nitrogen and oxygen atoms in total. The van der Waals surface area contributed by atoms with Gasteiger partial charge in [0.1, 0.15) is 5.75 Å². The quantitative estimate of drug-likeness (QED) is 0.382. The number of rotatable bonds is 10. The SMILES string of the molecule is CCOCCCNC(=NCc1ccc(OC)cc1)NCc1ncccc1C. The number of aryl methyl sites for hydroxylation is 1. The summed E-state index contributed by atoms with van der Waals surface area (Å²) in [6.07, 6.45) is 2.74. The van der Waals surface area contributed by atoms with E-state index in [4.69, 9.17) is 14.5 Å². The Morgan fingerprint density at radius 2 is 1.96 bits per heavy atom. The molecule has 0 aliphatic carbocycles. The average molecular weight is 370 g/mol. The molecule has 0 atom stereocenters. The van der Waals surface area contributed by atoms with Crippen molar-refractivity contribution in [3.05, 3.63) is 59.4 Å². The van der Waals surface area contributed by atoms with Crippen LogP contribution in [0.3, 0.4) is 0 Å². The van der Waals surface area contributed by atoms with Crippen molar-refractivity contribution in [1.82, 2.24) is 15.6 Å². The molecule has 0 radical (unpaired) electrons. The fourth-order valence-electron chi connectivity index (χ4n) is 2.47. The second-order valence-electron chi connectivity index (χ2n) is 6.11. The van der Waals surface area contributed by atoms with Gasteiger partial charge in [0.25, 0.3) is 0 Å². The molecule has 2 rings (SSSR count). The van der Waals surface area contributed by atoms with Crippen molar-refractivity contribution >= 4 is 5.96 Å². The average Bonchev–Trinajstić information content (AvgIpc) is 2.70. The predicted molar refractivity (Wildman–Crippen MR) is 109 cm³/mol. The van der Waals surface area contributed by atoms with Gasteiger partial charge in [-0.3, -0.25) is 4.98 Å². The summed E-state index contributed by atoms with van der Waals surface area (Å²) in [6.45, 7) is 7.58. The predicted octanol–water partition coefficient (Wildman–Crippen LogP) is 3.06. The van der Waals surface area contributed by atoms with Crippen molar-refractivity contribution in [1.29, 1.82) is 0 Å². The molecule has 0 aliphatic heterocycles. The summed E-state index contributed by atoms with van der Waals surface area (Å²) in [5, 5.41) is 6.74. The Hall–Kier alpha value is -2.60. The zero-order valence-corrected chi connectivity index (χ0v) is 16.5. The highest BCUT2D eigenvalue weighted by Crippen LogP contribution is 2.11. The molecule has 146 valence electrons. The van der Waals surface area contributed by atoms with Crippen LogP contribution >= 0.6 is 0 Å². The number of hydrogen-bond donors (Lipinski definition) is 2. The van der Waals surface area contributed by atoms with Gasteiger partial charge in [0.15, 0.2) is 5.96 Å². The van der Waals surface area contributed by atoms with E-state index in [2.05, 4.69) is 28.6 Å². The molecule has 2 N–H and O–H groups in total. The number of pyridine rings is 1. The minimum absolute atomic E-state index is 0.589. The van der Waals surface area contributed by atoms with Crippen LogP contribution in [0.5, 0.6) is 5.75 Å². The highest BCUT2D eigenvalue weighted by molar-refractivity contribution is 5.79. The monoisotopic (exact) mass is 370 g/mol. The molecule has 0 amide bonds. The first-order chi connectivity index (χ1) is 13.2. The van der Waals surface area contributed by atoms with Crippen molar-refractivity contribution in [2.45, 2.75) is 33.4 Å². The van der Waals surface area contributed by atoms with Crippen LogP contribution in [-0.4, -0.2) is 37.8 Å². The van der Waals surface area contributed by atoms with E-state index >= 15 is 0 Å². The maximum absolute atomic E-state index is 5.39. The molecule has 1 aromatic heterocycles. The molecule has 1 aromatic carbocycles.